The molecule has 2 aromatic rings. The molecule has 2 nitrogen and oxygen atoms in total. The molecule has 0 aromatic heterocycles. The van der Waals surface area contributed by atoms with Crippen LogP contribution >= 0.6 is 0 Å². The summed E-state index contributed by atoms with van der Waals surface area (Å²) in [4.78, 5) is 0. The van der Waals surface area contributed by atoms with Crippen LogP contribution in [0.3, 0.4) is 0 Å². The number of benzene rings is 2. The first-order valence-electron chi connectivity index (χ1n) is 6.63. The summed E-state index contributed by atoms with van der Waals surface area (Å²) in [7, 11) is 0. The largest absolute Gasteiger partial charge is 0.398 e. The Labute approximate surface area is 113 Å². The fourth-order valence-corrected chi connectivity index (χ4v) is 2.88. The smallest absolute Gasteiger partial charge is 0.0395 e. The minimum Gasteiger partial charge on any atom is -0.398 e. The van der Waals surface area contributed by atoms with Crippen LogP contribution in [0.4, 0.5) is 0 Å². The maximum absolute atomic E-state index is 6.24. The van der Waals surface area contributed by atoms with Crippen molar-refractivity contribution in [3.05, 3.63) is 76.9 Å². The van der Waals surface area contributed by atoms with Crippen LogP contribution in [-0.4, -0.2) is 6.54 Å². The summed E-state index contributed by atoms with van der Waals surface area (Å²) in [6, 6.07) is 19.0. The molecule has 19 heavy (non-hydrogen) atoms. The summed E-state index contributed by atoms with van der Waals surface area (Å²) >= 11 is 0. The van der Waals surface area contributed by atoms with Crippen molar-refractivity contribution in [3.63, 3.8) is 0 Å². The number of fused-ring (bicyclic) bond motifs is 1. The van der Waals surface area contributed by atoms with E-state index in [0.29, 0.717) is 12.5 Å². The average molecular weight is 250 g/mol. The molecule has 1 unspecified atom stereocenters. The highest BCUT2D eigenvalue weighted by atomic mass is 14.6. The molecular formula is C17H18N2. The minimum absolute atomic E-state index is 0.364. The van der Waals surface area contributed by atoms with Crippen LogP contribution in [0.2, 0.25) is 0 Å². The van der Waals surface area contributed by atoms with Gasteiger partial charge in [0.25, 0.3) is 0 Å². The van der Waals surface area contributed by atoms with E-state index in [9.17, 15) is 0 Å². The van der Waals surface area contributed by atoms with Crippen molar-refractivity contribution in [2.45, 2.75) is 12.3 Å². The Kier molecular flexibility index (Phi) is 3.10. The van der Waals surface area contributed by atoms with Crippen molar-refractivity contribution in [1.29, 1.82) is 0 Å². The second kappa shape index (κ2) is 4.90. The van der Waals surface area contributed by atoms with E-state index in [-0.39, 0.29) is 0 Å². The first kappa shape index (κ1) is 12.0. The predicted molar refractivity (Wildman–Crippen MR) is 79.5 cm³/mol. The lowest BCUT2D eigenvalue weighted by Gasteiger charge is -2.28. The van der Waals surface area contributed by atoms with E-state index in [2.05, 4.69) is 42.5 Å². The Hall–Kier alpha value is -2.06. The Morgan fingerprint density at radius 2 is 1.63 bits per heavy atom. The number of hydrogen-bond donors (Lipinski definition) is 2. The fourth-order valence-electron chi connectivity index (χ4n) is 2.88. The van der Waals surface area contributed by atoms with E-state index in [1.165, 1.54) is 11.1 Å². The van der Waals surface area contributed by atoms with Gasteiger partial charge < -0.3 is 11.5 Å². The van der Waals surface area contributed by atoms with Crippen LogP contribution in [0.1, 0.15) is 29.0 Å². The molecule has 0 amide bonds. The van der Waals surface area contributed by atoms with Gasteiger partial charge in [0.05, 0.1) is 0 Å². The molecule has 1 atom stereocenters. The molecule has 2 heteroatoms. The minimum atomic E-state index is 0.364. The Balaban J connectivity index is 2.15. The lowest BCUT2D eigenvalue weighted by molar-refractivity contribution is 0.762. The van der Waals surface area contributed by atoms with E-state index in [1.807, 2.05) is 12.1 Å². The van der Waals surface area contributed by atoms with E-state index >= 15 is 0 Å². The van der Waals surface area contributed by atoms with Crippen LogP contribution in [0.5, 0.6) is 0 Å². The van der Waals surface area contributed by atoms with Crippen LogP contribution in [0.25, 0.3) is 5.70 Å². The van der Waals surface area contributed by atoms with Gasteiger partial charge in [-0.05, 0) is 23.1 Å². The van der Waals surface area contributed by atoms with Crippen molar-refractivity contribution in [1.82, 2.24) is 0 Å². The molecule has 0 saturated carbocycles. The Morgan fingerprint density at radius 3 is 2.37 bits per heavy atom. The van der Waals surface area contributed by atoms with Gasteiger partial charge in [-0.1, -0.05) is 54.6 Å². The maximum Gasteiger partial charge on any atom is 0.0395 e. The normalized spacial score (nSPS) is 18.3. The standard InChI is InChI=1S/C17H18N2/c18-11-13-10-16(12-6-2-1-3-7-12)14-8-4-5-9-15(14)17(13)19/h1-9,16H,10-11,18-19H2. The molecule has 0 heterocycles. The van der Waals surface area contributed by atoms with Gasteiger partial charge in [0.15, 0.2) is 0 Å². The molecule has 1 aliphatic rings. The lowest BCUT2D eigenvalue weighted by atomic mass is 9.78. The number of rotatable bonds is 2. The average Bonchev–Trinajstić information content (AvgIpc) is 2.49. The first-order chi connectivity index (χ1) is 9.31. The molecule has 0 spiro atoms. The van der Waals surface area contributed by atoms with Crippen molar-refractivity contribution in [2.24, 2.45) is 11.5 Å². The highest BCUT2D eigenvalue weighted by Gasteiger charge is 2.25. The molecule has 1 aliphatic carbocycles. The molecule has 0 fully saturated rings. The molecule has 0 radical (unpaired) electrons. The number of nitrogens with two attached hydrogens (primary N) is 2. The van der Waals surface area contributed by atoms with Crippen LogP contribution in [0, 0.1) is 0 Å². The third kappa shape index (κ3) is 2.04. The second-order valence-corrected chi connectivity index (χ2v) is 4.98. The summed E-state index contributed by atoms with van der Waals surface area (Å²) in [5, 5.41) is 0. The molecule has 96 valence electrons. The molecule has 3 rings (SSSR count). The van der Waals surface area contributed by atoms with Crippen molar-refractivity contribution in [3.8, 4) is 0 Å². The van der Waals surface area contributed by atoms with Crippen LogP contribution < -0.4 is 11.5 Å². The highest BCUT2D eigenvalue weighted by molar-refractivity contribution is 5.72. The monoisotopic (exact) mass is 250 g/mol. The van der Waals surface area contributed by atoms with Gasteiger partial charge >= 0.3 is 0 Å². The lowest BCUT2D eigenvalue weighted by Crippen LogP contribution is -2.20. The van der Waals surface area contributed by atoms with E-state index in [0.717, 1.165) is 23.3 Å². The number of hydrogen-bond acceptors (Lipinski definition) is 2. The zero-order valence-electron chi connectivity index (χ0n) is 10.8. The zero-order chi connectivity index (χ0) is 13.2. The molecular weight excluding hydrogens is 232 g/mol. The van der Waals surface area contributed by atoms with Gasteiger partial charge in [-0.15, -0.1) is 0 Å². The predicted octanol–water partition coefficient (Wildman–Crippen LogP) is 2.85. The maximum atomic E-state index is 6.24. The third-order valence-electron chi connectivity index (χ3n) is 3.91. The summed E-state index contributed by atoms with van der Waals surface area (Å²) in [5.74, 6) is 0.364. The quantitative estimate of drug-likeness (QED) is 0.861. The Morgan fingerprint density at radius 1 is 0.947 bits per heavy atom. The molecule has 0 bridgehead atoms. The summed E-state index contributed by atoms with van der Waals surface area (Å²) in [5.41, 5.74) is 17.9. The van der Waals surface area contributed by atoms with Gasteiger partial charge in [0.1, 0.15) is 0 Å². The van der Waals surface area contributed by atoms with E-state index < -0.39 is 0 Å². The molecule has 0 saturated heterocycles. The Bertz CT molecular complexity index is 614. The van der Waals surface area contributed by atoms with Gasteiger partial charge in [-0.25, -0.2) is 0 Å². The third-order valence-corrected chi connectivity index (χ3v) is 3.91. The molecule has 4 N–H and O–H groups in total. The van der Waals surface area contributed by atoms with Gasteiger partial charge in [-0.3, -0.25) is 0 Å². The highest BCUT2D eigenvalue weighted by Crippen LogP contribution is 2.39. The summed E-state index contributed by atoms with van der Waals surface area (Å²) in [6.45, 7) is 0.531. The van der Waals surface area contributed by atoms with Crippen molar-refractivity contribution in [2.75, 3.05) is 6.54 Å². The summed E-state index contributed by atoms with van der Waals surface area (Å²) in [6.07, 6.45) is 0.920. The van der Waals surface area contributed by atoms with Crippen molar-refractivity contribution < 1.29 is 0 Å². The van der Waals surface area contributed by atoms with Gasteiger partial charge in [0, 0.05) is 23.7 Å². The SMILES string of the molecule is NCC1=C(N)c2ccccc2C(c2ccccc2)C1. The first-order valence-corrected chi connectivity index (χ1v) is 6.63. The van der Waals surface area contributed by atoms with Crippen LogP contribution in [0.15, 0.2) is 60.2 Å². The van der Waals surface area contributed by atoms with Crippen molar-refractivity contribution >= 4 is 5.70 Å². The summed E-state index contributed by atoms with van der Waals surface area (Å²) < 4.78 is 0. The second-order valence-electron chi connectivity index (χ2n) is 4.98. The van der Waals surface area contributed by atoms with E-state index in [1.54, 1.807) is 0 Å². The topological polar surface area (TPSA) is 52.0 Å². The van der Waals surface area contributed by atoms with Crippen LogP contribution in [-0.2, 0) is 0 Å². The van der Waals surface area contributed by atoms with E-state index in [4.69, 9.17) is 11.5 Å². The molecule has 2 aromatic carbocycles. The zero-order valence-corrected chi connectivity index (χ0v) is 10.8. The fraction of sp³-hybridized carbons (Fsp3) is 0.176. The molecule has 0 aliphatic heterocycles. The van der Waals surface area contributed by atoms with Gasteiger partial charge in [0.2, 0.25) is 0 Å². The van der Waals surface area contributed by atoms with Gasteiger partial charge in [-0.2, -0.15) is 0 Å².